The summed E-state index contributed by atoms with van der Waals surface area (Å²) in [6.07, 6.45) is 2.88. The number of nitrogens with one attached hydrogen (secondary N) is 1. The van der Waals surface area contributed by atoms with Crippen LogP contribution in [0.4, 0.5) is 19.6 Å². The molecule has 130 valence electrons. The Morgan fingerprint density at radius 1 is 1.08 bits per heavy atom. The van der Waals surface area contributed by atoms with E-state index in [1.165, 1.54) is 40.8 Å². The third kappa shape index (κ3) is 3.35. The fourth-order valence-electron chi connectivity index (χ4n) is 2.35. The van der Waals surface area contributed by atoms with Gasteiger partial charge in [0.2, 0.25) is 0 Å². The molecule has 0 spiro atoms. The zero-order valence-electron chi connectivity index (χ0n) is 13.0. The second kappa shape index (κ2) is 6.93. The first kappa shape index (κ1) is 16.8. The van der Waals surface area contributed by atoms with Crippen molar-refractivity contribution in [1.29, 1.82) is 0 Å². The highest BCUT2D eigenvalue weighted by Gasteiger charge is 2.19. The summed E-state index contributed by atoms with van der Waals surface area (Å²) in [5, 5.41) is 8.41. The van der Waals surface area contributed by atoms with Crippen LogP contribution in [0.15, 0.2) is 59.6 Å². The predicted molar refractivity (Wildman–Crippen MR) is 99.8 cm³/mol. The number of benzene rings is 2. The quantitative estimate of drug-likeness (QED) is 0.481. The minimum Gasteiger partial charge on any atom is -0.331 e. The lowest BCUT2D eigenvalue weighted by molar-refractivity contribution is 0.585. The lowest BCUT2D eigenvalue weighted by atomic mass is 10.1. The summed E-state index contributed by atoms with van der Waals surface area (Å²) in [6.45, 7) is 0. The summed E-state index contributed by atoms with van der Waals surface area (Å²) < 4.78 is 30.0. The van der Waals surface area contributed by atoms with Gasteiger partial charge in [-0.3, -0.25) is 0 Å². The van der Waals surface area contributed by atoms with E-state index in [0.29, 0.717) is 15.8 Å². The highest BCUT2D eigenvalue weighted by Crippen LogP contribution is 2.36. The topological polar surface area (TPSA) is 55.6 Å². The highest BCUT2D eigenvalue weighted by molar-refractivity contribution is 9.10. The average Bonchev–Trinajstić information content (AvgIpc) is 3.26. The molecule has 5 nitrogen and oxygen atoms in total. The maximum atomic E-state index is 14.3. The van der Waals surface area contributed by atoms with Crippen molar-refractivity contribution < 1.29 is 8.78 Å². The summed E-state index contributed by atoms with van der Waals surface area (Å²) in [7, 11) is 0. The maximum absolute atomic E-state index is 14.3. The summed E-state index contributed by atoms with van der Waals surface area (Å²) in [4.78, 5) is 8.41. The molecule has 0 unspecified atom stereocenters. The van der Waals surface area contributed by atoms with E-state index in [0.717, 1.165) is 16.2 Å². The van der Waals surface area contributed by atoms with E-state index in [9.17, 15) is 8.78 Å². The third-order valence-corrected chi connectivity index (χ3v) is 5.01. The second-order valence-electron chi connectivity index (χ2n) is 5.27. The van der Waals surface area contributed by atoms with Gasteiger partial charge in [0.1, 0.15) is 35.0 Å². The van der Waals surface area contributed by atoms with Crippen LogP contribution in [0.25, 0.3) is 16.3 Å². The van der Waals surface area contributed by atoms with Crippen LogP contribution in [-0.4, -0.2) is 19.7 Å². The molecular weight excluding hydrogens is 424 g/mol. The van der Waals surface area contributed by atoms with E-state index >= 15 is 0 Å². The van der Waals surface area contributed by atoms with Gasteiger partial charge in [0, 0.05) is 21.8 Å². The molecule has 2 heterocycles. The molecule has 0 saturated heterocycles. The highest BCUT2D eigenvalue weighted by atomic mass is 79.9. The number of hydrogen-bond donors (Lipinski definition) is 1. The number of thiazole rings is 1. The Kier molecular flexibility index (Phi) is 4.48. The molecule has 0 amide bonds. The molecular formula is C17H10BrF2N5S. The normalized spacial score (nSPS) is 10.9. The van der Waals surface area contributed by atoms with E-state index < -0.39 is 11.6 Å². The van der Waals surface area contributed by atoms with E-state index in [2.05, 4.69) is 36.3 Å². The fraction of sp³-hybridized carbons (Fsp3) is 0. The molecule has 9 heteroatoms. The Bertz CT molecular complexity index is 1050. The third-order valence-electron chi connectivity index (χ3n) is 3.52. The van der Waals surface area contributed by atoms with E-state index in [1.807, 2.05) is 24.3 Å². The number of nitrogens with zero attached hydrogens (tertiary/aromatic N) is 4. The monoisotopic (exact) mass is 433 g/mol. The van der Waals surface area contributed by atoms with Crippen molar-refractivity contribution in [3.05, 3.63) is 71.2 Å². The van der Waals surface area contributed by atoms with Crippen LogP contribution in [0.1, 0.15) is 0 Å². The van der Waals surface area contributed by atoms with Crippen LogP contribution in [0.3, 0.4) is 0 Å². The Morgan fingerprint density at radius 2 is 1.88 bits per heavy atom. The number of anilines is 2. The predicted octanol–water partition coefficient (Wildman–Crippen LogP) is 5.18. The summed E-state index contributed by atoms with van der Waals surface area (Å²) in [5.41, 5.74) is 1.38. The molecule has 4 aromatic rings. The van der Waals surface area contributed by atoms with Crippen molar-refractivity contribution in [2.75, 3.05) is 5.32 Å². The van der Waals surface area contributed by atoms with Crippen molar-refractivity contribution in [2.24, 2.45) is 0 Å². The Morgan fingerprint density at radius 3 is 2.58 bits per heavy atom. The molecule has 2 aromatic carbocycles. The van der Waals surface area contributed by atoms with Crippen LogP contribution in [0.5, 0.6) is 0 Å². The number of halogens is 3. The van der Waals surface area contributed by atoms with Gasteiger partial charge in [0.25, 0.3) is 0 Å². The largest absolute Gasteiger partial charge is 0.331 e. The van der Waals surface area contributed by atoms with E-state index in [4.69, 9.17) is 0 Å². The smallest absolute Gasteiger partial charge is 0.189 e. The number of rotatable bonds is 4. The van der Waals surface area contributed by atoms with Gasteiger partial charge in [-0.1, -0.05) is 27.3 Å². The van der Waals surface area contributed by atoms with Crippen LogP contribution in [0.2, 0.25) is 0 Å². The lowest BCUT2D eigenvalue weighted by Crippen LogP contribution is -1.96. The zero-order valence-corrected chi connectivity index (χ0v) is 15.4. The van der Waals surface area contributed by atoms with Gasteiger partial charge in [0.05, 0.1) is 0 Å². The molecule has 0 aliphatic rings. The van der Waals surface area contributed by atoms with E-state index in [1.54, 1.807) is 0 Å². The van der Waals surface area contributed by atoms with Crippen molar-refractivity contribution in [1.82, 2.24) is 19.7 Å². The van der Waals surface area contributed by atoms with Gasteiger partial charge in [0.15, 0.2) is 5.13 Å². The molecule has 0 atom stereocenters. The van der Waals surface area contributed by atoms with Gasteiger partial charge in [-0.2, -0.15) is 5.10 Å². The molecule has 0 fully saturated rings. The number of hydrogen-bond acceptors (Lipinski definition) is 5. The lowest BCUT2D eigenvalue weighted by Gasteiger charge is -2.03. The molecule has 2 aromatic heterocycles. The fourth-order valence-corrected chi connectivity index (χ4v) is 3.54. The van der Waals surface area contributed by atoms with Gasteiger partial charge < -0.3 is 5.32 Å². The minimum absolute atomic E-state index is 0.192. The Labute approximate surface area is 159 Å². The Hall–Kier alpha value is -2.65. The summed E-state index contributed by atoms with van der Waals surface area (Å²) in [5.74, 6) is -1.33. The summed E-state index contributed by atoms with van der Waals surface area (Å²) in [6, 6.07) is 11.0. The standard InChI is InChI=1S/C17H10BrF2N5S/c18-10-1-4-12(5-2-10)23-17-24-15(13-6-3-11(19)7-14(13)20)16(26-17)25-9-21-8-22-25/h1-9H,(H,23,24). The maximum Gasteiger partial charge on any atom is 0.189 e. The van der Waals surface area contributed by atoms with Crippen LogP contribution >= 0.6 is 27.3 Å². The van der Waals surface area contributed by atoms with Crippen molar-refractivity contribution >= 4 is 38.1 Å². The SMILES string of the molecule is Fc1ccc(-c2nc(Nc3ccc(Br)cc3)sc2-n2cncn2)c(F)c1. The molecule has 0 radical (unpaired) electrons. The first-order valence-electron chi connectivity index (χ1n) is 7.44. The van der Waals surface area contributed by atoms with E-state index in [-0.39, 0.29) is 5.56 Å². The molecule has 0 aliphatic heterocycles. The minimum atomic E-state index is -0.688. The molecule has 4 rings (SSSR count). The van der Waals surface area contributed by atoms with Gasteiger partial charge >= 0.3 is 0 Å². The van der Waals surface area contributed by atoms with Crippen LogP contribution in [-0.2, 0) is 0 Å². The molecule has 0 saturated carbocycles. The first-order valence-corrected chi connectivity index (χ1v) is 9.05. The van der Waals surface area contributed by atoms with Crippen molar-refractivity contribution in [3.63, 3.8) is 0 Å². The molecule has 0 aliphatic carbocycles. The van der Waals surface area contributed by atoms with Crippen molar-refractivity contribution in [3.8, 4) is 16.3 Å². The molecule has 1 N–H and O–H groups in total. The van der Waals surface area contributed by atoms with Gasteiger partial charge in [-0.05, 0) is 36.4 Å². The van der Waals surface area contributed by atoms with Crippen LogP contribution in [0, 0.1) is 11.6 Å². The van der Waals surface area contributed by atoms with Gasteiger partial charge in [-0.25, -0.2) is 23.4 Å². The Balaban J connectivity index is 1.79. The molecule has 0 bridgehead atoms. The summed E-state index contributed by atoms with van der Waals surface area (Å²) >= 11 is 4.68. The van der Waals surface area contributed by atoms with Gasteiger partial charge in [-0.15, -0.1) is 0 Å². The first-order chi connectivity index (χ1) is 12.6. The zero-order chi connectivity index (χ0) is 18.1. The molecule has 26 heavy (non-hydrogen) atoms. The average molecular weight is 434 g/mol. The second-order valence-corrected chi connectivity index (χ2v) is 7.16. The van der Waals surface area contributed by atoms with Crippen molar-refractivity contribution in [2.45, 2.75) is 0 Å². The number of aromatic nitrogens is 4. The van der Waals surface area contributed by atoms with Crippen LogP contribution < -0.4 is 5.32 Å².